The van der Waals surface area contributed by atoms with Crippen molar-refractivity contribution in [3.05, 3.63) is 59.7 Å². The van der Waals surface area contributed by atoms with Gasteiger partial charge in [-0.3, -0.25) is 4.79 Å². The third-order valence-electron chi connectivity index (χ3n) is 4.56. The minimum atomic E-state index is -4.65. The van der Waals surface area contributed by atoms with Crippen LogP contribution in [0.15, 0.2) is 58.3 Å². The summed E-state index contributed by atoms with van der Waals surface area (Å²) >= 11 is 0. The summed E-state index contributed by atoms with van der Waals surface area (Å²) in [5, 5.41) is 5.74. The third kappa shape index (κ3) is 4.36. The fourth-order valence-electron chi connectivity index (χ4n) is 3.09. The predicted octanol–water partition coefficient (Wildman–Crippen LogP) is 2.91. The predicted molar refractivity (Wildman–Crippen MR) is 96.2 cm³/mol. The van der Waals surface area contributed by atoms with Crippen molar-refractivity contribution in [3.63, 3.8) is 0 Å². The SMILES string of the molecule is O=C(NCc1ccccc1S(=O)(=O)c1cccc(C(F)(F)F)c1)[C@H]1CCCN1. The molecule has 3 rings (SSSR count). The van der Waals surface area contributed by atoms with Crippen molar-refractivity contribution in [2.45, 2.75) is 41.4 Å². The fourth-order valence-corrected chi connectivity index (χ4v) is 4.63. The van der Waals surface area contributed by atoms with E-state index < -0.39 is 26.5 Å². The molecule has 9 heteroatoms. The number of hydrogen-bond donors (Lipinski definition) is 2. The molecule has 1 atom stereocenters. The molecule has 0 spiro atoms. The van der Waals surface area contributed by atoms with E-state index in [1.54, 1.807) is 6.07 Å². The molecule has 0 saturated carbocycles. The summed E-state index contributed by atoms with van der Waals surface area (Å²) in [7, 11) is -4.19. The van der Waals surface area contributed by atoms with Gasteiger partial charge in [0.25, 0.3) is 0 Å². The van der Waals surface area contributed by atoms with Crippen LogP contribution in [0.4, 0.5) is 13.2 Å². The van der Waals surface area contributed by atoms with Gasteiger partial charge in [0.05, 0.1) is 21.4 Å². The van der Waals surface area contributed by atoms with Crippen LogP contribution in [0.1, 0.15) is 24.0 Å². The quantitative estimate of drug-likeness (QED) is 0.792. The van der Waals surface area contributed by atoms with Gasteiger partial charge in [0.2, 0.25) is 15.7 Å². The molecule has 2 aromatic carbocycles. The lowest BCUT2D eigenvalue weighted by atomic mass is 10.2. The first-order chi connectivity index (χ1) is 13.2. The zero-order valence-corrected chi connectivity index (χ0v) is 15.6. The first kappa shape index (κ1) is 20.3. The lowest BCUT2D eigenvalue weighted by molar-refractivity contribution is -0.137. The number of sulfone groups is 1. The molecule has 0 aliphatic carbocycles. The summed E-state index contributed by atoms with van der Waals surface area (Å²) in [6.07, 6.45) is -3.05. The average Bonchev–Trinajstić information content (AvgIpc) is 3.20. The van der Waals surface area contributed by atoms with Crippen LogP contribution in [-0.2, 0) is 27.4 Å². The van der Waals surface area contributed by atoms with Gasteiger partial charge in [-0.05, 0) is 49.2 Å². The van der Waals surface area contributed by atoms with Crippen LogP contribution >= 0.6 is 0 Å². The van der Waals surface area contributed by atoms with Crippen molar-refractivity contribution in [1.82, 2.24) is 10.6 Å². The largest absolute Gasteiger partial charge is 0.416 e. The third-order valence-corrected chi connectivity index (χ3v) is 6.42. The van der Waals surface area contributed by atoms with Crippen LogP contribution in [0.3, 0.4) is 0 Å². The lowest BCUT2D eigenvalue weighted by Crippen LogP contribution is -2.40. The maximum absolute atomic E-state index is 12.9. The van der Waals surface area contributed by atoms with Crippen molar-refractivity contribution in [2.24, 2.45) is 0 Å². The van der Waals surface area contributed by atoms with Crippen LogP contribution in [-0.4, -0.2) is 26.9 Å². The molecule has 2 aromatic rings. The van der Waals surface area contributed by atoms with E-state index in [1.807, 2.05) is 0 Å². The molecule has 0 bridgehead atoms. The van der Waals surface area contributed by atoms with E-state index in [0.717, 1.165) is 31.2 Å². The van der Waals surface area contributed by atoms with Crippen LogP contribution in [0.5, 0.6) is 0 Å². The Kier molecular flexibility index (Phi) is 5.76. The Morgan fingerprint density at radius 2 is 1.89 bits per heavy atom. The number of carbonyl (C=O) groups excluding carboxylic acids is 1. The highest BCUT2D eigenvalue weighted by Crippen LogP contribution is 2.32. The van der Waals surface area contributed by atoms with Crippen LogP contribution in [0.25, 0.3) is 0 Å². The summed E-state index contributed by atoms with van der Waals surface area (Å²) in [4.78, 5) is 11.6. The topological polar surface area (TPSA) is 75.3 Å². The van der Waals surface area contributed by atoms with Gasteiger partial charge in [0.1, 0.15) is 0 Å². The highest BCUT2D eigenvalue weighted by Gasteiger charge is 2.32. The van der Waals surface area contributed by atoms with Gasteiger partial charge in [0.15, 0.2) is 0 Å². The number of rotatable bonds is 5. The van der Waals surface area contributed by atoms with E-state index >= 15 is 0 Å². The molecule has 1 aliphatic heterocycles. The maximum atomic E-state index is 12.9. The van der Waals surface area contributed by atoms with E-state index in [-0.39, 0.29) is 23.4 Å². The maximum Gasteiger partial charge on any atom is 0.416 e. The number of alkyl halides is 3. The Balaban J connectivity index is 1.88. The van der Waals surface area contributed by atoms with E-state index in [1.165, 1.54) is 18.2 Å². The molecule has 0 radical (unpaired) electrons. The van der Waals surface area contributed by atoms with Gasteiger partial charge < -0.3 is 10.6 Å². The van der Waals surface area contributed by atoms with Gasteiger partial charge >= 0.3 is 6.18 Å². The number of halogens is 3. The van der Waals surface area contributed by atoms with Gasteiger partial charge in [-0.25, -0.2) is 8.42 Å². The Morgan fingerprint density at radius 3 is 2.57 bits per heavy atom. The van der Waals surface area contributed by atoms with Gasteiger partial charge in [0, 0.05) is 6.54 Å². The van der Waals surface area contributed by atoms with E-state index in [0.29, 0.717) is 18.1 Å². The number of hydrogen-bond acceptors (Lipinski definition) is 4. The first-order valence-corrected chi connectivity index (χ1v) is 10.2. The van der Waals surface area contributed by atoms with E-state index in [4.69, 9.17) is 0 Å². The van der Waals surface area contributed by atoms with Crippen molar-refractivity contribution >= 4 is 15.7 Å². The van der Waals surface area contributed by atoms with Gasteiger partial charge in [-0.1, -0.05) is 24.3 Å². The molecule has 150 valence electrons. The summed E-state index contributed by atoms with van der Waals surface area (Å²) < 4.78 is 64.7. The van der Waals surface area contributed by atoms with Crippen LogP contribution in [0, 0.1) is 0 Å². The molecule has 5 nitrogen and oxygen atoms in total. The van der Waals surface area contributed by atoms with E-state index in [9.17, 15) is 26.4 Å². The van der Waals surface area contributed by atoms with Crippen LogP contribution in [0.2, 0.25) is 0 Å². The van der Waals surface area contributed by atoms with Crippen molar-refractivity contribution in [2.75, 3.05) is 6.54 Å². The Morgan fingerprint density at radius 1 is 1.14 bits per heavy atom. The van der Waals surface area contributed by atoms with Crippen LogP contribution < -0.4 is 10.6 Å². The number of carbonyl (C=O) groups is 1. The second-order valence-electron chi connectivity index (χ2n) is 6.50. The molecule has 0 aromatic heterocycles. The molecular formula is C19H19F3N2O3S. The minimum Gasteiger partial charge on any atom is -0.351 e. The monoisotopic (exact) mass is 412 g/mol. The van der Waals surface area contributed by atoms with Gasteiger partial charge in [-0.2, -0.15) is 13.2 Å². The second-order valence-corrected chi connectivity index (χ2v) is 8.42. The molecule has 1 fully saturated rings. The normalized spacial score (nSPS) is 17.5. The highest BCUT2D eigenvalue weighted by molar-refractivity contribution is 7.91. The summed E-state index contributed by atoms with van der Waals surface area (Å²) in [6, 6.07) is 9.27. The number of benzene rings is 2. The zero-order chi connectivity index (χ0) is 20.4. The van der Waals surface area contributed by atoms with E-state index in [2.05, 4.69) is 10.6 Å². The second kappa shape index (κ2) is 7.92. The highest BCUT2D eigenvalue weighted by atomic mass is 32.2. The first-order valence-electron chi connectivity index (χ1n) is 8.71. The molecule has 28 heavy (non-hydrogen) atoms. The lowest BCUT2D eigenvalue weighted by Gasteiger charge is -2.15. The summed E-state index contributed by atoms with van der Waals surface area (Å²) in [6.45, 7) is 0.712. The Hall–Kier alpha value is -2.39. The Labute approximate surface area is 160 Å². The molecule has 1 aliphatic rings. The van der Waals surface area contributed by atoms with Gasteiger partial charge in [-0.15, -0.1) is 0 Å². The summed E-state index contributed by atoms with van der Waals surface area (Å²) in [5.41, 5.74) is -0.724. The molecule has 2 N–H and O–H groups in total. The molecule has 0 unspecified atom stereocenters. The minimum absolute atomic E-state index is 0.0363. The fraction of sp³-hybridized carbons (Fsp3) is 0.316. The number of amides is 1. The molecular weight excluding hydrogens is 393 g/mol. The summed E-state index contributed by atoms with van der Waals surface area (Å²) in [5.74, 6) is -0.233. The van der Waals surface area contributed by atoms with Crippen molar-refractivity contribution < 1.29 is 26.4 Å². The molecule has 1 amide bonds. The average molecular weight is 412 g/mol. The standard InChI is InChI=1S/C19H19F3N2O3S/c20-19(21,22)14-6-3-7-15(11-14)28(26,27)17-9-2-1-5-13(17)12-24-18(25)16-8-4-10-23-16/h1-3,5-7,9,11,16,23H,4,8,10,12H2,(H,24,25)/t16-/m1/s1. The van der Waals surface area contributed by atoms with Crippen molar-refractivity contribution in [1.29, 1.82) is 0 Å². The molecule has 1 saturated heterocycles. The smallest absolute Gasteiger partial charge is 0.351 e. The number of nitrogens with one attached hydrogen (secondary N) is 2. The zero-order valence-electron chi connectivity index (χ0n) is 14.8. The molecule has 1 heterocycles. The Bertz CT molecular complexity index is 968. The van der Waals surface area contributed by atoms with Crippen molar-refractivity contribution in [3.8, 4) is 0 Å².